The van der Waals surface area contributed by atoms with Crippen LogP contribution in [0.5, 0.6) is 0 Å². The van der Waals surface area contributed by atoms with E-state index < -0.39 is 33.3 Å². The first kappa shape index (κ1) is 49.3. The average Bonchev–Trinajstić information content (AvgIpc) is 2.94. The number of thioether (sulfide) groups is 1. The van der Waals surface area contributed by atoms with Crippen LogP contribution >= 0.6 is 19.6 Å². The fourth-order valence-corrected chi connectivity index (χ4v) is 3.16. The monoisotopic (exact) mass is 680 g/mol. The number of rotatable bonds is 16. The molecule has 0 heterocycles. The number of phosphoric ester groups is 1. The minimum absolute atomic E-state index is 0. The number of esters is 1. The van der Waals surface area contributed by atoms with Gasteiger partial charge in [0.1, 0.15) is 12.9 Å². The summed E-state index contributed by atoms with van der Waals surface area (Å²) in [5, 5.41) is 11.0. The molecule has 0 rings (SSSR count). The molecule has 0 aromatic rings. The van der Waals surface area contributed by atoms with E-state index in [0.717, 1.165) is 31.0 Å². The molecule has 0 unspecified atom stereocenters. The van der Waals surface area contributed by atoms with Crippen molar-refractivity contribution in [2.24, 2.45) is 0 Å². The molecule has 0 radical (unpaired) electrons. The zero-order chi connectivity index (χ0) is 31.7. The summed E-state index contributed by atoms with van der Waals surface area (Å²) in [7, 11) is -5.15. The van der Waals surface area contributed by atoms with E-state index in [4.69, 9.17) is 16.3 Å². The summed E-state index contributed by atoms with van der Waals surface area (Å²) in [5.74, 6) is 28.4. The summed E-state index contributed by atoms with van der Waals surface area (Å²) in [6, 6.07) is 0. The Labute approximate surface area is 327 Å². The predicted molar refractivity (Wildman–Crippen MR) is 181 cm³/mol. The Bertz CT molecular complexity index is 1330. The van der Waals surface area contributed by atoms with Gasteiger partial charge in [-0.2, -0.15) is 0 Å². The number of carbonyl (C=O) groups is 2. The third-order valence-electron chi connectivity index (χ3n) is 4.29. The average molecular weight is 681 g/mol. The first-order valence-corrected chi connectivity index (χ1v) is 15.1. The van der Waals surface area contributed by atoms with Crippen molar-refractivity contribution < 1.29 is 118 Å². The van der Waals surface area contributed by atoms with Crippen LogP contribution in [0.1, 0.15) is 87.3 Å². The van der Waals surface area contributed by atoms with Gasteiger partial charge in [0, 0.05) is 40.8 Å². The van der Waals surface area contributed by atoms with Gasteiger partial charge in [-0.3, -0.25) is 9.59 Å². The molecule has 44 heavy (non-hydrogen) atoms. The Kier molecular flexibility index (Phi) is 42.2. The number of carbonyl (C=O) groups excluding carboxylic acids is 2. The molecule has 1 atom stereocenters. The molecule has 0 saturated carbocycles. The Morgan fingerprint density at radius 3 is 1.77 bits per heavy atom. The van der Waals surface area contributed by atoms with Crippen molar-refractivity contribution in [3.8, 4) is 82.7 Å². The van der Waals surface area contributed by atoms with E-state index in [1.165, 1.54) is 32.6 Å². The van der Waals surface area contributed by atoms with Crippen molar-refractivity contribution in [1.29, 1.82) is 0 Å². The van der Waals surface area contributed by atoms with Crippen molar-refractivity contribution in [2.45, 2.75) is 77.7 Å². The molecule has 0 aliphatic rings. The maximum Gasteiger partial charge on any atom is 1.00 e. The van der Waals surface area contributed by atoms with E-state index in [0.29, 0.717) is 6.42 Å². The Balaban J connectivity index is -0.0000000370. The molecule has 246 valence electrons. The zero-order valence-electron chi connectivity index (χ0n) is 25.7. The first-order chi connectivity index (χ1) is 20.2. The number of hydrogen-bond donors (Lipinski definition) is 1. The van der Waals surface area contributed by atoms with Crippen LogP contribution in [0.2, 0.25) is 0 Å². The molecular weight excluding hydrogens is 625 g/mol. The number of terminal acetylenes is 1. The molecule has 1 N–H and O–H groups in total. The summed E-state index contributed by atoms with van der Waals surface area (Å²) in [6.45, 7) is 2.12. The molecule has 0 amide bonds. The fraction of sp³-hybridized carbons (Fsp3) is 0.484. The quantitative estimate of drug-likeness (QED) is 0.0529. The number of aliphatic hydroxyl groups excluding tert-OH is 1. The molecule has 0 saturated heterocycles. The van der Waals surface area contributed by atoms with E-state index in [1.807, 2.05) is 0 Å². The molecule has 0 aliphatic carbocycles. The summed E-state index contributed by atoms with van der Waals surface area (Å²) in [6.07, 6.45) is 12.8. The minimum atomic E-state index is -5.15. The summed E-state index contributed by atoms with van der Waals surface area (Å²) in [4.78, 5) is 43.1. The number of hydrogen-bond acceptors (Lipinski definition) is 10. The number of ether oxygens (including phenoxy) is 2. The molecule has 9 nitrogen and oxygen atoms in total. The van der Waals surface area contributed by atoms with E-state index in [-0.39, 0.29) is 93.0 Å². The van der Waals surface area contributed by atoms with Crippen LogP contribution < -0.4 is 68.9 Å². The summed E-state index contributed by atoms with van der Waals surface area (Å²) < 4.78 is 24.2. The van der Waals surface area contributed by atoms with Gasteiger partial charge in [-0.15, -0.1) is 6.42 Å². The van der Waals surface area contributed by atoms with Crippen molar-refractivity contribution in [3.05, 3.63) is 0 Å². The molecule has 0 bridgehead atoms. The van der Waals surface area contributed by atoms with Crippen LogP contribution in [0.15, 0.2) is 0 Å². The van der Waals surface area contributed by atoms with E-state index in [2.05, 4.69) is 92.5 Å². The molecule has 13 heteroatoms. The summed E-state index contributed by atoms with van der Waals surface area (Å²) in [5.41, 5.74) is 0. The zero-order valence-corrected chi connectivity index (χ0v) is 31.4. The maximum absolute atomic E-state index is 11.7. The molecule has 0 fully saturated rings. The third-order valence-corrected chi connectivity index (χ3v) is 5.25. The normalized spacial score (nSPS) is 9.09. The first-order valence-electron chi connectivity index (χ1n) is 12.8. The van der Waals surface area contributed by atoms with Crippen LogP contribution in [0.25, 0.3) is 0 Å². The minimum Gasteiger partial charge on any atom is -0.790 e. The smallest absolute Gasteiger partial charge is 0.790 e. The van der Waals surface area contributed by atoms with E-state index >= 15 is 0 Å². The van der Waals surface area contributed by atoms with Gasteiger partial charge < -0.3 is 33.5 Å². The predicted octanol–water partition coefficient (Wildman–Crippen LogP) is -1.17. The Morgan fingerprint density at radius 1 is 0.841 bits per heavy atom. The van der Waals surface area contributed by atoms with Crippen molar-refractivity contribution in [3.63, 3.8) is 0 Å². The SMILES string of the molecule is C#CC#CC#CC#CC#CC#CC#CSC(C)=O.CCCCCCCCCCC(=O)O[C@@H](COCO)COP(=O)([O-])[O-].[HH].[HH].[HH].[HH].[HH].[HH].[HH].[HH].[HH].[HH].[HH].[Na+].[Na+]. The number of unbranched alkanes of at least 4 members (excludes halogenated alkanes) is 7. The molecule has 0 aromatic heterocycles. The maximum atomic E-state index is 11.7. The van der Waals surface area contributed by atoms with Gasteiger partial charge in [-0.1, -0.05) is 51.9 Å². The second kappa shape index (κ2) is 37.6. The Morgan fingerprint density at radius 2 is 1.32 bits per heavy atom. The molecular formula is C31H55Na2O9PS. The van der Waals surface area contributed by atoms with Crippen molar-refractivity contribution in [1.82, 2.24) is 0 Å². The molecule has 0 aromatic carbocycles. The van der Waals surface area contributed by atoms with Gasteiger partial charge in [0.25, 0.3) is 0 Å². The standard InChI is InChI=1S/C16H4OS.C15H31O8P.2Na.11H2/c1-3-4-5-6-7-8-9-10-11-12-13-14-15-18-16(2)17;1-2-3-4-5-6-7-8-9-10-15(17)23-14(11-21-13-16)12-22-24(18,19)20;;;;;;;;;;;;;/h1H,2H3;14,16H,2-13H2,1H3,(H2,18,19,20);;;11*1H/q;;2*+1;;;;;;;;;;;/p-2/t;14-;;;;;;;;;;;;;/m.0............./s1. The number of aliphatic hydroxyl groups is 1. The van der Waals surface area contributed by atoms with Crippen LogP contribution in [0, 0.1) is 82.7 Å². The van der Waals surface area contributed by atoms with Gasteiger partial charge in [-0.05, 0) is 82.7 Å². The van der Waals surface area contributed by atoms with Gasteiger partial charge in [0.05, 0.1) is 21.0 Å². The molecule has 0 spiro atoms. The van der Waals surface area contributed by atoms with E-state index in [1.54, 1.807) is 0 Å². The molecule has 0 aliphatic heterocycles. The van der Waals surface area contributed by atoms with Crippen molar-refractivity contribution in [2.75, 3.05) is 20.0 Å². The van der Waals surface area contributed by atoms with Crippen LogP contribution in [0.4, 0.5) is 0 Å². The Hall–Kier alpha value is -1.56. The van der Waals surface area contributed by atoms with Gasteiger partial charge in [0.15, 0.2) is 5.12 Å². The van der Waals surface area contributed by atoms with E-state index in [9.17, 15) is 23.9 Å². The van der Waals surface area contributed by atoms with Gasteiger partial charge in [-0.25, -0.2) is 0 Å². The van der Waals surface area contributed by atoms with Crippen LogP contribution in [0.3, 0.4) is 0 Å². The number of phosphoric acid groups is 1. The van der Waals surface area contributed by atoms with Crippen LogP contribution in [-0.4, -0.2) is 42.3 Å². The largest absolute Gasteiger partial charge is 1.00 e. The van der Waals surface area contributed by atoms with Gasteiger partial charge in [0.2, 0.25) is 0 Å². The van der Waals surface area contributed by atoms with Gasteiger partial charge >= 0.3 is 65.1 Å². The third kappa shape index (κ3) is 44.9. The van der Waals surface area contributed by atoms with Crippen LogP contribution in [-0.2, 0) is 28.2 Å². The second-order valence-corrected chi connectivity index (χ2v) is 9.93. The van der Waals surface area contributed by atoms with Crippen molar-refractivity contribution >= 4 is 30.7 Å². The second-order valence-electron chi connectivity index (χ2n) is 7.79. The summed E-state index contributed by atoms with van der Waals surface area (Å²) >= 11 is 0.889. The topological polar surface area (TPSA) is 145 Å². The fourth-order valence-electron chi connectivity index (χ4n) is 2.56.